The summed E-state index contributed by atoms with van der Waals surface area (Å²) < 4.78 is 32.9. The van der Waals surface area contributed by atoms with E-state index in [1.54, 1.807) is 0 Å². The molecule has 0 saturated heterocycles. The summed E-state index contributed by atoms with van der Waals surface area (Å²) in [5.74, 6) is -0.817. The zero-order valence-electron chi connectivity index (χ0n) is 39.5. The van der Waals surface area contributed by atoms with Crippen LogP contribution in [0.15, 0.2) is 12.2 Å². The van der Waals surface area contributed by atoms with Crippen molar-refractivity contribution in [3.63, 3.8) is 0 Å². The lowest BCUT2D eigenvalue weighted by molar-refractivity contribution is -0.161. The lowest BCUT2D eigenvalue weighted by atomic mass is 10.0. The van der Waals surface area contributed by atoms with Crippen LogP contribution in [-0.4, -0.2) is 49.3 Å². The fraction of sp³-hybridized carbons (Fsp3) is 0.920. The Morgan fingerprint density at radius 3 is 1.18 bits per heavy atom. The summed E-state index contributed by atoms with van der Waals surface area (Å²) in [6.45, 7) is 3.78. The summed E-state index contributed by atoms with van der Waals surface area (Å²) in [6.07, 6.45) is 51.1. The highest BCUT2D eigenvalue weighted by atomic mass is 31.2. The molecule has 0 aliphatic carbocycles. The van der Waals surface area contributed by atoms with E-state index in [0.29, 0.717) is 6.42 Å². The van der Waals surface area contributed by atoms with Gasteiger partial charge in [-0.2, -0.15) is 0 Å². The molecule has 10 heteroatoms. The summed E-state index contributed by atoms with van der Waals surface area (Å²) in [4.78, 5) is 35.0. The van der Waals surface area contributed by atoms with Crippen molar-refractivity contribution in [2.24, 2.45) is 5.73 Å². The minimum absolute atomic E-state index is 0.0560. The molecule has 356 valence electrons. The number of phosphoric ester groups is 1. The van der Waals surface area contributed by atoms with E-state index in [9.17, 15) is 19.0 Å². The molecule has 9 nitrogen and oxygen atoms in total. The van der Waals surface area contributed by atoms with E-state index in [-0.39, 0.29) is 38.6 Å². The summed E-state index contributed by atoms with van der Waals surface area (Å²) in [6, 6.07) is 0. The van der Waals surface area contributed by atoms with Gasteiger partial charge in [-0.05, 0) is 38.5 Å². The zero-order chi connectivity index (χ0) is 43.9. The molecule has 0 heterocycles. The number of carbonyl (C=O) groups excluding carboxylic acids is 2. The Labute approximate surface area is 370 Å². The van der Waals surface area contributed by atoms with Crippen molar-refractivity contribution in [2.75, 3.05) is 26.4 Å². The second kappa shape index (κ2) is 47.2. The Morgan fingerprint density at radius 1 is 0.483 bits per heavy atom. The standard InChI is InChI=1S/C50H98NO8P/c1-3-5-7-9-11-13-15-17-19-21-22-23-24-25-27-29-31-33-35-37-39-41-43-50(53)59-48(47-58-60(54,55)57-45-44-51)46-56-49(52)42-40-38-36-34-32-30-28-26-20-18-16-14-12-10-8-6-4-2/h18,20,48H,3-17,19,21-47,51H2,1-2H3,(H,54,55)/b20-18+/t48-/m1/s1. The second-order valence-electron chi connectivity index (χ2n) is 17.4. The van der Waals surface area contributed by atoms with Crippen LogP contribution in [-0.2, 0) is 32.7 Å². The average Bonchev–Trinajstić information content (AvgIpc) is 3.24. The number of carbonyl (C=O) groups is 2. The molecule has 0 fully saturated rings. The first-order valence-corrected chi connectivity index (χ1v) is 27.2. The van der Waals surface area contributed by atoms with Crippen LogP contribution in [0.5, 0.6) is 0 Å². The number of rotatable bonds is 49. The van der Waals surface area contributed by atoms with Crippen molar-refractivity contribution >= 4 is 19.8 Å². The van der Waals surface area contributed by atoms with Crippen molar-refractivity contribution < 1.29 is 37.6 Å². The maximum atomic E-state index is 12.6. The van der Waals surface area contributed by atoms with Gasteiger partial charge in [0.2, 0.25) is 0 Å². The van der Waals surface area contributed by atoms with E-state index in [4.69, 9.17) is 24.3 Å². The number of ether oxygens (including phenoxy) is 2. The third kappa shape index (κ3) is 46.3. The molecule has 0 rings (SSSR count). The van der Waals surface area contributed by atoms with Crippen LogP contribution in [0.3, 0.4) is 0 Å². The van der Waals surface area contributed by atoms with Gasteiger partial charge in [-0.1, -0.05) is 225 Å². The van der Waals surface area contributed by atoms with Gasteiger partial charge in [0.05, 0.1) is 13.2 Å². The lowest BCUT2D eigenvalue weighted by Crippen LogP contribution is -2.29. The van der Waals surface area contributed by atoms with E-state index >= 15 is 0 Å². The molecule has 0 aromatic carbocycles. The predicted octanol–water partition coefficient (Wildman–Crippen LogP) is 15.3. The van der Waals surface area contributed by atoms with Crippen LogP contribution >= 0.6 is 7.82 Å². The largest absolute Gasteiger partial charge is 0.472 e. The van der Waals surface area contributed by atoms with Crippen molar-refractivity contribution in [3.05, 3.63) is 12.2 Å². The monoisotopic (exact) mass is 872 g/mol. The van der Waals surface area contributed by atoms with Crippen molar-refractivity contribution in [1.29, 1.82) is 0 Å². The fourth-order valence-corrected chi connectivity index (χ4v) is 8.34. The highest BCUT2D eigenvalue weighted by Gasteiger charge is 2.26. The second-order valence-corrected chi connectivity index (χ2v) is 18.9. The van der Waals surface area contributed by atoms with Crippen LogP contribution in [0.25, 0.3) is 0 Å². The molecule has 0 bridgehead atoms. The van der Waals surface area contributed by atoms with E-state index in [0.717, 1.165) is 32.1 Å². The molecular formula is C50H98NO8P. The first kappa shape index (κ1) is 58.8. The first-order valence-electron chi connectivity index (χ1n) is 25.7. The number of nitrogens with two attached hydrogens (primary N) is 1. The van der Waals surface area contributed by atoms with E-state index < -0.39 is 26.5 Å². The van der Waals surface area contributed by atoms with E-state index in [1.807, 2.05) is 0 Å². The topological polar surface area (TPSA) is 134 Å². The smallest absolute Gasteiger partial charge is 0.462 e. The molecule has 0 aliphatic heterocycles. The van der Waals surface area contributed by atoms with Crippen LogP contribution < -0.4 is 5.73 Å². The number of phosphoric acid groups is 1. The number of allylic oxidation sites excluding steroid dienone is 2. The quantitative estimate of drug-likeness (QED) is 0.0265. The Kier molecular flexibility index (Phi) is 46.3. The van der Waals surface area contributed by atoms with Gasteiger partial charge >= 0.3 is 19.8 Å². The van der Waals surface area contributed by atoms with Crippen LogP contribution in [0.1, 0.15) is 264 Å². The van der Waals surface area contributed by atoms with Gasteiger partial charge in [0.1, 0.15) is 6.61 Å². The van der Waals surface area contributed by atoms with Gasteiger partial charge < -0.3 is 20.1 Å². The molecule has 0 saturated carbocycles. The van der Waals surface area contributed by atoms with Gasteiger partial charge in [-0.15, -0.1) is 0 Å². The van der Waals surface area contributed by atoms with Crippen LogP contribution in [0.4, 0.5) is 0 Å². The average molecular weight is 872 g/mol. The highest BCUT2D eigenvalue weighted by molar-refractivity contribution is 7.47. The van der Waals surface area contributed by atoms with Crippen molar-refractivity contribution in [2.45, 2.75) is 270 Å². The van der Waals surface area contributed by atoms with Crippen LogP contribution in [0, 0.1) is 0 Å². The molecule has 0 spiro atoms. The molecule has 0 aromatic heterocycles. The van der Waals surface area contributed by atoms with Gasteiger partial charge in [-0.25, -0.2) is 4.57 Å². The Morgan fingerprint density at radius 2 is 0.817 bits per heavy atom. The van der Waals surface area contributed by atoms with E-state index in [2.05, 4.69) is 26.0 Å². The molecule has 2 atom stereocenters. The van der Waals surface area contributed by atoms with E-state index in [1.165, 1.54) is 199 Å². The highest BCUT2D eigenvalue weighted by Crippen LogP contribution is 2.43. The molecule has 0 aromatic rings. The van der Waals surface area contributed by atoms with Gasteiger partial charge in [0.25, 0.3) is 0 Å². The molecule has 60 heavy (non-hydrogen) atoms. The minimum atomic E-state index is -4.38. The summed E-state index contributed by atoms with van der Waals surface area (Å²) in [5.41, 5.74) is 5.37. The molecule has 3 N–H and O–H groups in total. The van der Waals surface area contributed by atoms with Crippen molar-refractivity contribution in [1.82, 2.24) is 0 Å². The maximum Gasteiger partial charge on any atom is 0.472 e. The number of hydrogen-bond acceptors (Lipinski definition) is 8. The molecule has 1 unspecified atom stereocenters. The molecule has 0 radical (unpaired) electrons. The van der Waals surface area contributed by atoms with Gasteiger partial charge in [0.15, 0.2) is 6.10 Å². The van der Waals surface area contributed by atoms with Gasteiger partial charge in [0, 0.05) is 19.4 Å². The molecular weight excluding hydrogens is 774 g/mol. The Bertz CT molecular complexity index is 995. The first-order chi connectivity index (χ1) is 29.3. The molecule has 0 amide bonds. The normalized spacial score (nSPS) is 13.2. The van der Waals surface area contributed by atoms with Crippen LogP contribution in [0.2, 0.25) is 0 Å². The number of hydrogen-bond donors (Lipinski definition) is 2. The Hall–Kier alpha value is -1.25. The third-order valence-corrected chi connectivity index (χ3v) is 12.4. The summed E-state index contributed by atoms with van der Waals surface area (Å²) >= 11 is 0. The summed E-state index contributed by atoms with van der Waals surface area (Å²) in [5, 5.41) is 0. The number of esters is 2. The summed E-state index contributed by atoms with van der Waals surface area (Å²) in [7, 11) is -4.38. The fourth-order valence-electron chi connectivity index (χ4n) is 7.57. The predicted molar refractivity (Wildman–Crippen MR) is 252 cm³/mol. The maximum absolute atomic E-state index is 12.6. The third-order valence-electron chi connectivity index (χ3n) is 11.4. The lowest BCUT2D eigenvalue weighted by Gasteiger charge is -2.19. The Balaban J connectivity index is 4.00. The zero-order valence-corrected chi connectivity index (χ0v) is 40.4. The van der Waals surface area contributed by atoms with Crippen molar-refractivity contribution in [3.8, 4) is 0 Å². The molecule has 0 aliphatic rings. The van der Waals surface area contributed by atoms with Gasteiger partial charge in [-0.3, -0.25) is 18.6 Å². The number of unbranched alkanes of at least 4 members (excludes halogenated alkanes) is 34. The minimum Gasteiger partial charge on any atom is -0.462 e. The SMILES string of the molecule is CCCCCCCC/C=C/CCCCCCCCCC(=O)OC[C@H](COP(=O)(O)OCCN)OC(=O)CCCCCCCCCCCCCCCCCCCCCCCC.